The van der Waals surface area contributed by atoms with Crippen molar-refractivity contribution in [3.05, 3.63) is 52.3 Å². The summed E-state index contributed by atoms with van der Waals surface area (Å²) in [5.41, 5.74) is 2.28. The molecule has 0 radical (unpaired) electrons. The number of aliphatic hydroxyl groups excluding tert-OH is 1. The number of nitrogens with zero attached hydrogens (tertiary/aromatic N) is 3. The minimum Gasteiger partial charge on any atom is -0.391 e. The van der Waals surface area contributed by atoms with Gasteiger partial charge in [0, 0.05) is 19.3 Å². The SMILES string of the molecule is Cc1nn(C)c(C)c1C(=O)N1CC(O)CC1c1ccc(F)c(F)c1. The highest BCUT2D eigenvalue weighted by Gasteiger charge is 2.37. The summed E-state index contributed by atoms with van der Waals surface area (Å²) in [6.07, 6.45) is -0.417. The molecule has 2 aromatic rings. The van der Waals surface area contributed by atoms with Crippen molar-refractivity contribution in [2.75, 3.05) is 6.54 Å². The minimum absolute atomic E-state index is 0.149. The van der Waals surface area contributed by atoms with Crippen molar-refractivity contribution >= 4 is 5.91 Å². The van der Waals surface area contributed by atoms with Crippen LogP contribution in [0.2, 0.25) is 0 Å². The number of likely N-dealkylation sites (tertiary alicyclic amines) is 1. The zero-order valence-corrected chi connectivity index (χ0v) is 13.8. The largest absolute Gasteiger partial charge is 0.391 e. The van der Waals surface area contributed by atoms with Gasteiger partial charge in [0.1, 0.15) is 0 Å². The topological polar surface area (TPSA) is 58.4 Å². The zero-order valence-electron chi connectivity index (χ0n) is 13.8. The van der Waals surface area contributed by atoms with E-state index in [1.54, 1.807) is 25.6 Å². The van der Waals surface area contributed by atoms with Gasteiger partial charge < -0.3 is 10.0 Å². The van der Waals surface area contributed by atoms with Crippen molar-refractivity contribution in [1.29, 1.82) is 0 Å². The van der Waals surface area contributed by atoms with Gasteiger partial charge in [0.25, 0.3) is 5.91 Å². The summed E-state index contributed by atoms with van der Waals surface area (Å²) in [6.45, 7) is 3.70. The summed E-state index contributed by atoms with van der Waals surface area (Å²) in [5, 5.41) is 14.3. The number of rotatable bonds is 2. The highest BCUT2D eigenvalue weighted by atomic mass is 19.2. The van der Waals surface area contributed by atoms with E-state index in [2.05, 4.69) is 5.10 Å². The van der Waals surface area contributed by atoms with Gasteiger partial charge >= 0.3 is 0 Å². The Morgan fingerprint density at radius 1 is 1.29 bits per heavy atom. The maximum atomic E-state index is 13.6. The number of carbonyl (C=O) groups excluding carboxylic acids is 1. The second-order valence-electron chi connectivity index (χ2n) is 6.21. The first-order chi connectivity index (χ1) is 11.3. The maximum absolute atomic E-state index is 13.6. The van der Waals surface area contributed by atoms with Crippen molar-refractivity contribution in [2.24, 2.45) is 7.05 Å². The quantitative estimate of drug-likeness (QED) is 0.916. The van der Waals surface area contributed by atoms with Gasteiger partial charge in [-0.25, -0.2) is 8.78 Å². The second-order valence-corrected chi connectivity index (χ2v) is 6.21. The lowest BCUT2D eigenvalue weighted by molar-refractivity contribution is 0.0714. The predicted octanol–water partition coefficient (Wildman–Crippen LogP) is 2.26. The Labute approximate surface area is 138 Å². The number of halogens is 2. The van der Waals surface area contributed by atoms with Crippen LogP contribution < -0.4 is 0 Å². The zero-order chi connectivity index (χ0) is 17.6. The number of amides is 1. The summed E-state index contributed by atoms with van der Waals surface area (Å²) in [5.74, 6) is -2.16. The number of β-amino-alcohol motifs (C(OH)–C–C–N with tert-alkyl or cyclic N) is 1. The molecule has 0 bridgehead atoms. The fourth-order valence-corrected chi connectivity index (χ4v) is 3.30. The maximum Gasteiger partial charge on any atom is 0.258 e. The molecular weight excluding hydrogens is 316 g/mol. The monoisotopic (exact) mass is 335 g/mol. The third kappa shape index (κ3) is 2.69. The molecule has 5 nitrogen and oxygen atoms in total. The second kappa shape index (κ2) is 5.98. The highest BCUT2D eigenvalue weighted by Crippen LogP contribution is 2.34. The molecule has 1 aromatic carbocycles. The number of aromatic nitrogens is 2. The molecule has 3 rings (SSSR count). The summed E-state index contributed by atoms with van der Waals surface area (Å²) in [4.78, 5) is 14.5. The molecule has 1 aliphatic rings. The van der Waals surface area contributed by atoms with Gasteiger partial charge in [-0.1, -0.05) is 6.07 Å². The average molecular weight is 335 g/mol. The van der Waals surface area contributed by atoms with E-state index in [1.807, 2.05) is 0 Å². The third-order valence-electron chi connectivity index (χ3n) is 4.59. The van der Waals surface area contributed by atoms with Crippen LogP contribution in [0.15, 0.2) is 18.2 Å². The lowest BCUT2D eigenvalue weighted by atomic mass is 10.0. The first kappa shape index (κ1) is 16.6. The van der Waals surface area contributed by atoms with Crippen LogP contribution in [-0.4, -0.2) is 38.3 Å². The van der Waals surface area contributed by atoms with Crippen LogP contribution in [0.4, 0.5) is 8.78 Å². The summed E-state index contributed by atoms with van der Waals surface area (Å²) >= 11 is 0. The number of benzene rings is 1. The van der Waals surface area contributed by atoms with Gasteiger partial charge in [-0.15, -0.1) is 0 Å². The van der Waals surface area contributed by atoms with Crippen LogP contribution in [0.1, 0.15) is 39.8 Å². The van der Waals surface area contributed by atoms with E-state index >= 15 is 0 Å². The molecule has 2 atom stereocenters. The molecule has 24 heavy (non-hydrogen) atoms. The van der Waals surface area contributed by atoms with Crippen LogP contribution in [-0.2, 0) is 7.05 Å². The Hall–Kier alpha value is -2.28. The molecule has 0 aliphatic carbocycles. The van der Waals surface area contributed by atoms with Gasteiger partial charge in [-0.3, -0.25) is 9.48 Å². The smallest absolute Gasteiger partial charge is 0.258 e. The molecule has 0 spiro atoms. The Morgan fingerprint density at radius 2 is 2.00 bits per heavy atom. The summed E-state index contributed by atoms with van der Waals surface area (Å²) in [7, 11) is 1.75. The molecule has 1 aromatic heterocycles. The van der Waals surface area contributed by atoms with Crippen molar-refractivity contribution in [1.82, 2.24) is 14.7 Å². The van der Waals surface area contributed by atoms with Crippen molar-refractivity contribution in [3.8, 4) is 0 Å². The molecule has 1 N–H and O–H groups in total. The number of aliphatic hydroxyl groups is 1. The molecule has 1 amide bonds. The van der Waals surface area contributed by atoms with Gasteiger partial charge in [0.05, 0.1) is 23.4 Å². The van der Waals surface area contributed by atoms with Gasteiger partial charge in [0.2, 0.25) is 0 Å². The van der Waals surface area contributed by atoms with E-state index in [9.17, 15) is 18.7 Å². The molecule has 2 unspecified atom stereocenters. The third-order valence-corrected chi connectivity index (χ3v) is 4.59. The Kier molecular flexibility index (Phi) is 4.13. The van der Waals surface area contributed by atoms with Crippen LogP contribution in [0.25, 0.3) is 0 Å². The first-order valence-corrected chi connectivity index (χ1v) is 7.73. The van der Waals surface area contributed by atoms with Crippen molar-refractivity contribution in [2.45, 2.75) is 32.4 Å². The predicted molar refractivity (Wildman–Crippen MR) is 83.4 cm³/mol. The summed E-state index contributed by atoms with van der Waals surface area (Å²) in [6, 6.07) is 3.08. The van der Waals surface area contributed by atoms with Crippen LogP contribution in [0.5, 0.6) is 0 Å². The van der Waals surface area contributed by atoms with Crippen LogP contribution in [0, 0.1) is 25.5 Å². The molecule has 1 fully saturated rings. The Morgan fingerprint density at radius 3 is 2.58 bits per heavy atom. The van der Waals surface area contributed by atoms with Crippen LogP contribution in [0.3, 0.4) is 0 Å². The fraction of sp³-hybridized carbons (Fsp3) is 0.412. The van der Waals surface area contributed by atoms with E-state index in [1.165, 1.54) is 11.0 Å². The van der Waals surface area contributed by atoms with Crippen molar-refractivity contribution in [3.63, 3.8) is 0 Å². The molecule has 128 valence electrons. The normalized spacial score (nSPS) is 20.7. The fourth-order valence-electron chi connectivity index (χ4n) is 3.30. The molecule has 7 heteroatoms. The lowest BCUT2D eigenvalue weighted by Gasteiger charge is -2.25. The average Bonchev–Trinajstić information content (AvgIpc) is 3.02. The van der Waals surface area contributed by atoms with Crippen molar-refractivity contribution < 1.29 is 18.7 Å². The van der Waals surface area contributed by atoms with E-state index in [-0.39, 0.29) is 18.9 Å². The Balaban J connectivity index is 1.98. The van der Waals surface area contributed by atoms with E-state index < -0.39 is 23.8 Å². The molecule has 1 aliphatic heterocycles. The first-order valence-electron chi connectivity index (χ1n) is 7.73. The molecule has 1 saturated heterocycles. The molecule has 2 heterocycles. The van der Waals surface area contributed by atoms with E-state index in [0.717, 1.165) is 17.8 Å². The number of hydrogen-bond acceptors (Lipinski definition) is 3. The number of carbonyl (C=O) groups is 1. The van der Waals surface area contributed by atoms with E-state index in [4.69, 9.17) is 0 Å². The lowest BCUT2D eigenvalue weighted by Crippen LogP contribution is -2.32. The van der Waals surface area contributed by atoms with E-state index in [0.29, 0.717) is 16.8 Å². The molecule has 0 saturated carbocycles. The van der Waals surface area contributed by atoms with Gasteiger partial charge in [-0.05, 0) is 38.0 Å². The molecular formula is C17H19F2N3O2. The summed E-state index contributed by atoms with van der Waals surface area (Å²) < 4.78 is 28.4. The minimum atomic E-state index is -0.963. The Bertz CT molecular complexity index is 803. The number of aryl methyl sites for hydroxylation is 2. The number of hydrogen-bond donors (Lipinski definition) is 1. The van der Waals surface area contributed by atoms with Gasteiger partial charge in [0.15, 0.2) is 11.6 Å². The highest BCUT2D eigenvalue weighted by molar-refractivity contribution is 5.97. The van der Waals surface area contributed by atoms with Gasteiger partial charge in [-0.2, -0.15) is 5.10 Å². The van der Waals surface area contributed by atoms with Crippen LogP contribution >= 0.6 is 0 Å². The standard InChI is InChI=1S/C17H19F2N3O2/c1-9-16(10(2)21(3)20-9)17(24)22-8-12(23)7-15(22)11-4-5-13(18)14(19)6-11/h4-6,12,15,23H,7-8H2,1-3H3.